The van der Waals surface area contributed by atoms with Gasteiger partial charge in [0.2, 0.25) is 11.8 Å². The van der Waals surface area contributed by atoms with E-state index >= 15 is 0 Å². The molecule has 0 spiro atoms. The van der Waals surface area contributed by atoms with Gasteiger partial charge in [-0.15, -0.1) is 0 Å². The average molecular weight is 353 g/mol. The van der Waals surface area contributed by atoms with Crippen molar-refractivity contribution in [2.45, 2.75) is 57.9 Å². The van der Waals surface area contributed by atoms with Crippen LogP contribution in [0.2, 0.25) is 0 Å². The maximum atomic E-state index is 12.6. The van der Waals surface area contributed by atoms with Crippen molar-refractivity contribution in [3.05, 3.63) is 0 Å². The van der Waals surface area contributed by atoms with Gasteiger partial charge in [0.15, 0.2) is 0 Å². The minimum absolute atomic E-state index is 0.0344. The number of likely N-dealkylation sites (tertiary alicyclic amines) is 1. The van der Waals surface area contributed by atoms with Crippen LogP contribution in [-0.4, -0.2) is 60.0 Å². The van der Waals surface area contributed by atoms with Crippen molar-refractivity contribution in [2.75, 3.05) is 26.2 Å². The first-order valence-electron chi connectivity index (χ1n) is 9.46. The molecule has 0 unspecified atom stereocenters. The molecule has 2 heterocycles. The highest BCUT2D eigenvalue weighted by molar-refractivity contribution is 5.86. The highest BCUT2D eigenvalue weighted by atomic mass is 16.4. The van der Waals surface area contributed by atoms with Crippen molar-refractivity contribution >= 4 is 17.8 Å². The Labute approximate surface area is 149 Å². The summed E-state index contributed by atoms with van der Waals surface area (Å²) in [6.07, 6.45) is 6.12. The monoisotopic (exact) mass is 353 g/mol. The van der Waals surface area contributed by atoms with E-state index in [-0.39, 0.29) is 30.7 Å². The third kappa shape index (κ3) is 6.65. The molecule has 2 aliphatic heterocycles. The Morgan fingerprint density at radius 2 is 2.00 bits per heavy atom. The quantitative estimate of drug-likeness (QED) is 0.604. The van der Waals surface area contributed by atoms with Crippen LogP contribution in [0.5, 0.6) is 0 Å². The summed E-state index contributed by atoms with van der Waals surface area (Å²) in [4.78, 5) is 37.0. The van der Waals surface area contributed by atoms with E-state index in [1.54, 1.807) is 11.8 Å². The summed E-state index contributed by atoms with van der Waals surface area (Å²) < 4.78 is 0. The molecule has 2 atom stereocenters. The van der Waals surface area contributed by atoms with Gasteiger partial charge in [0.05, 0.1) is 13.0 Å². The predicted molar refractivity (Wildman–Crippen MR) is 94.0 cm³/mol. The van der Waals surface area contributed by atoms with E-state index in [0.29, 0.717) is 12.5 Å². The number of aliphatic carboxylic acids is 1. The number of hydrogen-bond donors (Lipinski definition) is 3. The molecule has 0 aliphatic carbocycles. The van der Waals surface area contributed by atoms with E-state index in [1.165, 1.54) is 12.8 Å². The van der Waals surface area contributed by atoms with E-state index < -0.39 is 12.0 Å². The van der Waals surface area contributed by atoms with Gasteiger partial charge in [-0.1, -0.05) is 0 Å². The van der Waals surface area contributed by atoms with Crippen LogP contribution in [0.15, 0.2) is 0 Å². The summed E-state index contributed by atoms with van der Waals surface area (Å²) in [5.74, 6) is -0.389. The average Bonchev–Trinajstić information content (AvgIpc) is 2.55. The normalized spacial score (nSPS) is 23.3. The first kappa shape index (κ1) is 19.7. The van der Waals surface area contributed by atoms with Gasteiger partial charge in [0.25, 0.3) is 0 Å². The Kier molecular flexibility index (Phi) is 7.68. The van der Waals surface area contributed by atoms with Crippen molar-refractivity contribution in [3.8, 4) is 0 Å². The van der Waals surface area contributed by atoms with Gasteiger partial charge in [-0.05, 0) is 64.5 Å². The van der Waals surface area contributed by atoms with Crippen molar-refractivity contribution in [2.24, 2.45) is 11.8 Å². The number of hydrogen-bond acceptors (Lipinski definition) is 4. The SMILES string of the molecule is C[C@@H](CC(=O)O)NC(=O)CN1CCC[C@@H](CCC2CCNCC2)C1=O. The molecular weight excluding hydrogens is 322 g/mol. The third-order valence-corrected chi connectivity index (χ3v) is 5.25. The molecule has 2 aliphatic rings. The van der Waals surface area contributed by atoms with Crippen LogP contribution in [-0.2, 0) is 14.4 Å². The fourth-order valence-electron chi connectivity index (χ4n) is 3.86. The van der Waals surface area contributed by atoms with E-state index in [4.69, 9.17) is 5.11 Å². The minimum atomic E-state index is -0.945. The zero-order chi connectivity index (χ0) is 18.2. The van der Waals surface area contributed by atoms with Crippen LogP contribution in [0.3, 0.4) is 0 Å². The van der Waals surface area contributed by atoms with Gasteiger partial charge in [-0.2, -0.15) is 0 Å². The molecule has 7 heteroatoms. The molecule has 0 aromatic rings. The number of carboxylic acids is 1. The topological polar surface area (TPSA) is 98.7 Å². The number of carbonyl (C=O) groups is 3. The van der Waals surface area contributed by atoms with Crippen molar-refractivity contribution < 1.29 is 19.5 Å². The Hall–Kier alpha value is -1.63. The van der Waals surface area contributed by atoms with Crippen LogP contribution in [0.25, 0.3) is 0 Å². The lowest BCUT2D eigenvalue weighted by atomic mass is 9.86. The molecule has 7 nitrogen and oxygen atoms in total. The molecule has 0 aromatic heterocycles. The second kappa shape index (κ2) is 9.75. The molecule has 0 aromatic carbocycles. The number of nitrogens with one attached hydrogen (secondary N) is 2. The summed E-state index contributed by atoms with van der Waals surface area (Å²) >= 11 is 0. The second-order valence-electron chi connectivity index (χ2n) is 7.44. The molecule has 2 amide bonds. The third-order valence-electron chi connectivity index (χ3n) is 5.25. The number of piperidine rings is 2. The minimum Gasteiger partial charge on any atom is -0.481 e. The molecule has 142 valence electrons. The molecule has 2 rings (SSSR count). The molecule has 0 saturated carbocycles. The van der Waals surface area contributed by atoms with Gasteiger partial charge >= 0.3 is 5.97 Å². The Morgan fingerprint density at radius 1 is 1.28 bits per heavy atom. The Balaban J connectivity index is 1.76. The number of amides is 2. The zero-order valence-electron chi connectivity index (χ0n) is 15.1. The Bertz CT molecular complexity index is 477. The van der Waals surface area contributed by atoms with Gasteiger partial charge < -0.3 is 20.6 Å². The van der Waals surface area contributed by atoms with Gasteiger partial charge in [-0.25, -0.2) is 0 Å². The highest BCUT2D eigenvalue weighted by Crippen LogP contribution is 2.27. The van der Waals surface area contributed by atoms with Gasteiger partial charge in [0, 0.05) is 18.5 Å². The molecule has 0 bridgehead atoms. The number of nitrogens with zero attached hydrogens (tertiary/aromatic N) is 1. The van der Waals surface area contributed by atoms with Gasteiger partial charge in [-0.3, -0.25) is 14.4 Å². The number of rotatable bonds is 8. The fraction of sp³-hybridized carbons (Fsp3) is 0.833. The van der Waals surface area contributed by atoms with Crippen LogP contribution in [0.4, 0.5) is 0 Å². The van der Waals surface area contributed by atoms with Crippen LogP contribution >= 0.6 is 0 Å². The smallest absolute Gasteiger partial charge is 0.305 e. The first-order chi connectivity index (χ1) is 12.0. The zero-order valence-corrected chi connectivity index (χ0v) is 15.1. The summed E-state index contributed by atoms with van der Waals surface area (Å²) in [5, 5.41) is 14.8. The van der Waals surface area contributed by atoms with Crippen molar-refractivity contribution in [1.82, 2.24) is 15.5 Å². The summed E-state index contributed by atoms with van der Waals surface area (Å²) in [6, 6.07) is -0.430. The van der Waals surface area contributed by atoms with E-state index in [0.717, 1.165) is 38.8 Å². The summed E-state index contributed by atoms with van der Waals surface area (Å²) in [7, 11) is 0. The second-order valence-corrected chi connectivity index (χ2v) is 7.44. The van der Waals surface area contributed by atoms with Crippen LogP contribution < -0.4 is 10.6 Å². The standard InChI is InChI=1S/C18H31N3O4/c1-13(11-17(23)24)20-16(22)12-21-10-2-3-15(18(21)25)5-4-14-6-8-19-9-7-14/h13-15,19H,2-12H2,1H3,(H,20,22)(H,23,24)/t13-,15-/m0/s1. The first-order valence-corrected chi connectivity index (χ1v) is 9.46. The summed E-state index contributed by atoms with van der Waals surface area (Å²) in [5.41, 5.74) is 0. The van der Waals surface area contributed by atoms with E-state index in [9.17, 15) is 14.4 Å². The highest BCUT2D eigenvalue weighted by Gasteiger charge is 2.30. The summed E-state index contributed by atoms with van der Waals surface area (Å²) in [6.45, 7) is 4.45. The van der Waals surface area contributed by atoms with Crippen LogP contribution in [0, 0.1) is 11.8 Å². The molecule has 3 N–H and O–H groups in total. The van der Waals surface area contributed by atoms with Crippen molar-refractivity contribution in [1.29, 1.82) is 0 Å². The lowest BCUT2D eigenvalue weighted by molar-refractivity contribution is -0.143. The van der Waals surface area contributed by atoms with Crippen LogP contribution in [0.1, 0.15) is 51.9 Å². The molecule has 0 radical (unpaired) electrons. The largest absolute Gasteiger partial charge is 0.481 e. The number of carbonyl (C=O) groups excluding carboxylic acids is 2. The van der Waals surface area contributed by atoms with E-state index in [2.05, 4.69) is 10.6 Å². The predicted octanol–water partition coefficient (Wildman–Crippen LogP) is 0.984. The lowest BCUT2D eigenvalue weighted by Gasteiger charge is -2.33. The maximum absolute atomic E-state index is 12.6. The fourth-order valence-corrected chi connectivity index (χ4v) is 3.86. The molecular formula is C18H31N3O4. The molecule has 2 fully saturated rings. The Morgan fingerprint density at radius 3 is 2.68 bits per heavy atom. The van der Waals surface area contributed by atoms with Gasteiger partial charge in [0.1, 0.15) is 0 Å². The molecule has 2 saturated heterocycles. The van der Waals surface area contributed by atoms with E-state index in [1.807, 2.05) is 0 Å². The number of carboxylic acid groups (broad SMARTS) is 1. The van der Waals surface area contributed by atoms with Crippen molar-refractivity contribution in [3.63, 3.8) is 0 Å². The lowest BCUT2D eigenvalue weighted by Crippen LogP contribution is -2.48. The maximum Gasteiger partial charge on any atom is 0.305 e. The molecule has 25 heavy (non-hydrogen) atoms.